The van der Waals surface area contributed by atoms with Gasteiger partial charge in [-0.15, -0.1) is 11.3 Å². The Kier molecular flexibility index (Phi) is 4.37. The summed E-state index contributed by atoms with van der Waals surface area (Å²) in [6.45, 7) is 2.11. The molecule has 94 valence electrons. The van der Waals surface area contributed by atoms with Crippen molar-refractivity contribution in [1.82, 2.24) is 4.98 Å². The molecule has 3 nitrogen and oxygen atoms in total. The molecule has 0 radical (unpaired) electrons. The fourth-order valence-corrected chi connectivity index (χ4v) is 2.55. The van der Waals surface area contributed by atoms with Crippen molar-refractivity contribution in [2.75, 3.05) is 6.61 Å². The van der Waals surface area contributed by atoms with Crippen molar-refractivity contribution in [3.8, 4) is 10.6 Å². The molecule has 0 aliphatic carbocycles. The van der Waals surface area contributed by atoms with E-state index >= 15 is 0 Å². The van der Waals surface area contributed by atoms with Gasteiger partial charge in [-0.3, -0.25) is 0 Å². The number of benzene rings is 1. The summed E-state index contributed by atoms with van der Waals surface area (Å²) in [5, 5.41) is 3.04. The van der Waals surface area contributed by atoms with E-state index in [9.17, 15) is 4.79 Å². The van der Waals surface area contributed by atoms with Crippen LogP contribution in [0.15, 0.2) is 28.1 Å². The summed E-state index contributed by atoms with van der Waals surface area (Å²) in [5.41, 5.74) is 1.21. The maximum Gasteiger partial charge on any atom is 0.357 e. The standard InChI is InChI=1S/C12H9BrClNO2S/c1-2-17-12(16)10-6-18-11(15-10)7-3-4-8(13)9(14)5-7/h3-6H,2H2,1H3. The van der Waals surface area contributed by atoms with Crippen molar-refractivity contribution in [2.24, 2.45) is 0 Å². The number of hydrogen-bond acceptors (Lipinski definition) is 4. The summed E-state index contributed by atoms with van der Waals surface area (Å²) in [6, 6.07) is 5.55. The van der Waals surface area contributed by atoms with E-state index in [0.29, 0.717) is 17.3 Å². The van der Waals surface area contributed by atoms with E-state index in [-0.39, 0.29) is 0 Å². The molecule has 0 N–H and O–H groups in total. The van der Waals surface area contributed by atoms with Gasteiger partial charge in [-0.2, -0.15) is 0 Å². The van der Waals surface area contributed by atoms with E-state index in [0.717, 1.165) is 15.0 Å². The van der Waals surface area contributed by atoms with Gasteiger partial charge in [0, 0.05) is 15.4 Å². The van der Waals surface area contributed by atoms with Crippen LogP contribution in [-0.4, -0.2) is 17.6 Å². The van der Waals surface area contributed by atoms with Crippen LogP contribution < -0.4 is 0 Å². The molecule has 0 aliphatic heterocycles. The van der Waals surface area contributed by atoms with E-state index in [4.69, 9.17) is 16.3 Å². The second-order valence-electron chi connectivity index (χ2n) is 3.39. The zero-order valence-electron chi connectivity index (χ0n) is 9.44. The molecule has 18 heavy (non-hydrogen) atoms. The average Bonchev–Trinajstić information content (AvgIpc) is 2.82. The molecule has 0 atom stereocenters. The molecule has 0 amide bonds. The Labute approximate surface area is 122 Å². The smallest absolute Gasteiger partial charge is 0.357 e. The first kappa shape index (κ1) is 13.5. The summed E-state index contributed by atoms with van der Waals surface area (Å²) >= 11 is 10.7. The molecular formula is C12H9BrClNO2S. The number of thiazole rings is 1. The third-order valence-electron chi connectivity index (χ3n) is 2.16. The first-order valence-corrected chi connectivity index (χ1v) is 7.25. The molecule has 2 aromatic rings. The Hall–Kier alpha value is -0.910. The zero-order chi connectivity index (χ0) is 13.1. The highest BCUT2D eigenvalue weighted by Crippen LogP contribution is 2.30. The quantitative estimate of drug-likeness (QED) is 0.773. The maximum absolute atomic E-state index is 11.5. The van der Waals surface area contributed by atoms with Crippen LogP contribution in [-0.2, 0) is 4.74 Å². The lowest BCUT2D eigenvalue weighted by Gasteiger charge is -1.99. The largest absolute Gasteiger partial charge is 0.461 e. The lowest BCUT2D eigenvalue weighted by atomic mass is 10.2. The summed E-state index contributed by atoms with van der Waals surface area (Å²) in [4.78, 5) is 15.7. The van der Waals surface area contributed by atoms with E-state index in [1.165, 1.54) is 11.3 Å². The third kappa shape index (κ3) is 2.91. The number of carbonyl (C=O) groups excluding carboxylic acids is 1. The number of hydrogen-bond donors (Lipinski definition) is 0. The molecule has 0 saturated carbocycles. The molecule has 0 bridgehead atoms. The van der Waals surface area contributed by atoms with Gasteiger partial charge in [0.05, 0.1) is 11.6 Å². The van der Waals surface area contributed by atoms with Crippen molar-refractivity contribution in [3.05, 3.63) is 38.8 Å². The number of aromatic nitrogens is 1. The fourth-order valence-electron chi connectivity index (χ4n) is 1.33. The Balaban J connectivity index is 2.29. The van der Waals surface area contributed by atoms with Crippen molar-refractivity contribution in [1.29, 1.82) is 0 Å². The molecule has 1 heterocycles. The Morgan fingerprint density at radius 2 is 2.33 bits per heavy atom. The van der Waals surface area contributed by atoms with Crippen LogP contribution in [0.3, 0.4) is 0 Å². The van der Waals surface area contributed by atoms with Gasteiger partial charge >= 0.3 is 5.97 Å². The fraction of sp³-hybridized carbons (Fsp3) is 0.167. The van der Waals surface area contributed by atoms with Gasteiger partial charge < -0.3 is 4.74 Å². The summed E-state index contributed by atoms with van der Waals surface area (Å²) < 4.78 is 5.72. The van der Waals surface area contributed by atoms with Gasteiger partial charge in [0.15, 0.2) is 5.69 Å². The Morgan fingerprint density at radius 3 is 3.00 bits per heavy atom. The molecule has 0 saturated heterocycles. The number of esters is 1. The summed E-state index contributed by atoms with van der Waals surface area (Å²) in [6.07, 6.45) is 0. The van der Waals surface area contributed by atoms with Crippen molar-refractivity contribution in [3.63, 3.8) is 0 Å². The minimum absolute atomic E-state index is 0.330. The summed E-state index contributed by atoms with van der Waals surface area (Å²) in [7, 11) is 0. The zero-order valence-corrected chi connectivity index (χ0v) is 12.6. The first-order chi connectivity index (χ1) is 8.61. The first-order valence-electron chi connectivity index (χ1n) is 5.20. The van der Waals surface area contributed by atoms with Gasteiger partial charge in [-0.05, 0) is 35.0 Å². The van der Waals surface area contributed by atoms with Crippen LogP contribution in [0.25, 0.3) is 10.6 Å². The average molecular weight is 347 g/mol. The normalized spacial score (nSPS) is 10.4. The maximum atomic E-state index is 11.5. The van der Waals surface area contributed by atoms with Crippen molar-refractivity contribution < 1.29 is 9.53 Å². The Morgan fingerprint density at radius 1 is 1.56 bits per heavy atom. The van der Waals surface area contributed by atoms with Gasteiger partial charge in [-0.1, -0.05) is 17.7 Å². The van der Waals surface area contributed by atoms with E-state index in [2.05, 4.69) is 20.9 Å². The molecule has 1 aromatic heterocycles. The highest BCUT2D eigenvalue weighted by Gasteiger charge is 2.13. The van der Waals surface area contributed by atoms with Crippen LogP contribution in [0, 0.1) is 0 Å². The van der Waals surface area contributed by atoms with Gasteiger partial charge in [0.25, 0.3) is 0 Å². The topological polar surface area (TPSA) is 39.2 Å². The van der Waals surface area contributed by atoms with E-state index < -0.39 is 5.97 Å². The highest BCUT2D eigenvalue weighted by molar-refractivity contribution is 9.10. The van der Waals surface area contributed by atoms with Crippen molar-refractivity contribution in [2.45, 2.75) is 6.92 Å². The molecule has 2 rings (SSSR count). The minimum Gasteiger partial charge on any atom is -0.461 e. The molecule has 0 fully saturated rings. The number of nitrogens with zero attached hydrogens (tertiary/aromatic N) is 1. The lowest BCUT2D eigenvalue weighted by molar-refractivity contribution is 0.0520. The van der Waals surface area contributed by atoms with Crippen LogP contribution in [0.2, 0.25) is 5.02 Å². The van der Waals surface area contributed by atoms with E-state index in [1.807, 2.05) is 12.1 Å². The molecule has 1 aromatic carbocycles. The van der Waals surface area contributed by atoms with Gasteiger partial charge in [-0.25, -0.2) is 9.78 Å². The molecule has 0 unspecified atom stereocenters. The second kappa shape index (κ2) is 5.82. The van der Waals surface area contributed by atoms with Crippen LogP contribution in [0.1, 0.15) is 17.4 Å². The summed E-state index contributed by atoms with van der Waals surface area (Å²) in [5.74, 6) is -0.400. The molecule has 6 heteroatoms. The van der Waals surface area contributed by atoms with Gasteiger partial charge in [0.2, 0.25) is 0 Å². The van der Waals surface area contributed by atoms with Crippen LogP contribution in [0.5, 0.6) is 0 Å². The monoisotopic (exact) mass is 345 g/mol. The van der Waals surface area contributed by atoms with Crippen LogP contribution >= 0.6 is 38.9 Å². The van der Waals surface area contributed by atoms with Crippen LogP contribution in [0.4, 0.5) is 0 Å². The minimum atomic E-state index is -0.400. The highest BCUT2D eigenvalue weighted by atomic mass is 79.9. The number of rotatable bonds is 3. The van der Waals surface area contributed by atoms with Gasteiger partial charge in [0.1, 0.15) is 5.01 Å². The molecule has 0 aliphatic rings. The molecular weight excluding hydrogens is 338 g/mol. The SMILES string of the molecule is CCOC(=O)c1csc(-c2ccc(Br)c(Cl)c2)n1. The number of ether oxygens (including phenoxy) is 1. The predicted molar refractivity (Wildman–Crippen MR) is 76.2 cm³/mol. The second-order valence-corrected chi connectivity index (χ2v) is 5.51. The number of halogens is 2. The Bertz CT molecular complexity index is 585. The predicted octanol–water partition coefficient (Wildman–Crippen LogP) is 4.40. The van der Waals surface area contributed by atoms with E-state index in [1.54, 1.807) is 18.4 Å². The number of carbonyl (C=O) groups is 1. The lowest BCUT2D eigenvalue weighted by Crippen LogP contribution is -2.04. The van der Waals surface area contributed by atoms with Crippen molar-refractivity contribution >= 4 is 44.8 Å². The third-order valence-corrected chi connectivity index (χ3v) is 4.28. The molecule has 0 spiro atoms.